The molecule has 6 heteroatoms. The van der Waals surface area contributed by atoms with Gasteiger partial charge in [0.05, 0.1) is 13.6 Å². The summed E-state index contributed by atoms with van der Waals surface area (Å²) >= 11 is 12.1. The van der Waals surface area contributed by atoms with Crippen molar-refractivity contribution in [2.24, 2.45) is 0 Å². The van der Waals surface area contributed by atoms with Crippen molar-refractivity contribution in [3.63, 3.8) is 0 Å². The van der Waals surface area contributed by atoms with Crippen LogP contribution in [0.2, 0.25) is 0 Å². The molecule has 20 heavy (non-hydrogen) atoms. The fourth-order valence-corrected chi connectivity index (χ4v) is 5.24. The van der Waals surface area contributed by atoms with Gasteiger partial charge in [-0.3, -0.25) is 0 Å². The van der Waals surface area contributed by atoms with E-state index in [1.54, 1.807) is 17.4 Å². The normalized spacial score (nSPS) is 12.7. The van der Waals surface area contributed by atoms with Crippen LogP contribution in [-0.2, 0) is 0 Å². The maximum absolute atomic E-state index is 14.2. The van der Waals surface area contributed by atoms with Gasteiger partial charge in [-0.1, -0.05) is 22.9 Å². The summed E-state index contributed by atoms with van der Waals surface area (Å²) in [5, 5.41) is 3.42. The quantitative estimate of drug-likeness (QED) is 0.526. The Morgan fingerprint density at radius 3 is 2.55 bits per heavy atom. The molecule has 1 atom stereocenters. The van der Waals surface area contributed by atoms with Gasteiger partial charge in [0.25, 0.3) is 0 Å². The van der Waals surface area contributed by atoms with Gasteiger partial charge in [-0.05, 0) is 74.7 Å². The van der Waals surface area contributed by atoms with Crippen molar-refractivity contribution in [1.29, 1.82) is 0 Å². The molecule has 108 valence electrons. The topological polar surface area (TPSA) is 12.0 Å². The molecule has 1 unspecified atom stereocenters. The second-order valence-corrected chi connectivity index (χ2v) is 9.00. The second kappa shape index (κ2) is 7.49. The summed E-state index contributed by atoms with van der Waals surface area (Å²) in [6.45, 7) is 2.93. The molecule has 2 rings (SSSR count). The van der Waals surface area contributed by atoms with Crippen LogP contribution in [0.5, 0.6) is 0 Å². The summed E-state index contributed by atoms with van der Waals surface area (Å²) in [6.07, 6.45) is 0.995. The van der Waals surface area contributed by atoms with E-state index < -0.39 is 0 Å². The van der Waals surface area contributed by atoms with E-state index in [-0.39, 0.29) is 11.9 Å². The van der Waals surface area contributed by atoms with E-state index in [1.165, 1.54) is 6.07 Å². The fraction of sp³-hybridized carbons (Fsp3) is 0.286. The molecular weight excluding hydrogens is 473 g/mol. The Bertz CT molecular complexity index is 600. The Balaban J connectivity index is 2.46. The number of rotatable bonds is 5. The molecule has 0 radical (unpaired) electrons. The van der Waals surface area contributed by atoms with E-state index >= 15 is 0 Å². The number of hydrogen-bond acceptors (Lipinski definition) is 2. The average molecular weight is 486 g/mol. The maximum Gasteiger partial charge on any atom is 0.128 e. The lowest BCUT2D eigenvalue weighted by Gasteiger charge is -2.20. The SMILES string of the molecule is CCCNC(c1cc(Br)ccc1F)c1cc(Br)sc1Br. The van der Waals surface area contributed by atoms with Crippen LogP contribution >= 0.6 is 59.1 Å². The minimum Gasteiger partial charge on any atom is -0.306 e. The van der Waals surface area contributed by atoms with Crippen molar-refractivity contribution in [3.05, 3.63) is 53.3 Å². The maximum atomic E-state index is 14.2. The summed E-state index contributed by atoms with van der Waals surface area (Å²) in [7, 11) is 0. The summed E-state index contributed by atoms with van der Waals surface area (Å²) in [6, 6.07) is 6.91. The number of halogens is 4. The molecule has 2 aromatic rings. The van der Waals surface area contributed by atoms with Crippen LogP contribution in [0.15, 0.2) is 36.3 Å². The van der Waals surface area contributed by atoms with E-state index in [1.807, 2.05) is 12.1 Å². The van der Waals surface area contributed by atoms with Crippen molar-refractivity contribution in [3.8, 4) is 0 Å². The van der Waals surface area contributed by atoms with E-state index in [9.17, 15) is 4.39 Å². The van der Waals surface area contributed by atoms with Crippen LogP contribution in [0.4, 0.5) is 4.39 Å². The van der Waals surface area contributed by atoms with Crippen molar-refractivity contribution in [2.45, 2.75) is 19.4 Å². The average Bonchev–Trinajstić information content (AvgIpc) is 2.73. The third kappa shape index (κ3) is 3.91. The van der Waals surface area contributed by atoms with Crippen molar-refractivity contribution in [1.82, 2.24) is 5.32 Å². The van der Waals surface area contributed by atoms with Gasteiger partial charge in [-0.2, -0.15) is 0 Å². The van der Waals surface area contributed by atoms with Crippen LogP contribution in [-0.4, -0.2) is 6.54 Å². The molecule has 0 spiro atoms. The summed E-state index contributed by atoms with van der Waals surface area (Å²) in [5.74, 6) is -0.198. The Kier molecular flexibility index (Phi) is 6.23. The number of thiophene rings is 1. The first-order valence-electron chi connectivity index (χ1n) is 6.16. The third-order valence-corrected chi connectivity index (χ3v) is 5.74. The molecule has 1 N–H and O–H groups in total. The molecule has 0 aliphatic carbocycles. The molecular formula is C14H13Br3FNS. The van der Waals surface area contributed by atoms with Crippen LogP contribution in [0.1, 0.15) is 30.5 Å². The predicted molar refractivity (Wildman–Crippen MR) is 94.0 cm³/mol. The largest absolute Gasteiger partial charge is 0.306 e. The Morgan fingerprint density at radius 1 is 1.20 bits per heavy atom. The van der Waals surface area contributed by atoms with Crippen molar-refractivity contribution < 1.29 is 4.39 Å². The lowest BCUT2D eigenvalue weighted by Crippen LogP contribution is -2.24. The molecule has 0 aliphatic rings. The Labute approximate surface area is 147 Å². The van der Waals surface area contributed by atoms with Gasteiger partial charge in [0, 0.05) is 10.0 Å². The minimum absolute atomic E-state index is 0.163. The number of hydrogen-bond donors (Lipinski definition) is 1. The zero-order valence-electron chi connectivity index (χ0n) is 10.7. The molecule has 0 amide bonds. The number of nitrogens with one attached hydrogen (secondary N) is 1. The van der Waals surface area contributed by atoms with Gasteiger partial charge >= 0.3 is 0 Å². The van der Waals surface area contributed by atoms with Gasteiger partial charge in [0.2, 0.25) is 0 Å². The standard InChI is InChI=1S/C14H13Br3FNS/c1-2-5-19-13(10-7-12(16)20-14(10)17)9-6-8(15)3-4-11(9)18/h3-4,6-7,13,19H,2,5H2,1H3. The number of benzene rings is 1. The van der Waals surface area contributed by atoms with E-state index in [4.69, 9.17) is 0 Å². The molecule has 0 bridgehead atoms. The van der Waals surface area contributed by atoms with Gasteiger partial charge in [-0.25, -0.2) is 4.39 Å². The van der Waals surface area contributed by atoms with Gasteiger partial charge in [-0.15, -0.1) is 11.3 Å². The molecule has 0 saturated heterocycles. The first-order valence-corrected chi connectivity index (χ1v) is 9.35. The monoisotopic (exact) mass is 483 g/mol. The molecule has 1 aromatic carbocycles. The minimum atomic E-state index is -0.198. The lowest BCUT2D eigenvalue weighted by molar-refractivity contribution is 0.546. The summed E-state index contributed by atoms with van der Waals surface area (Å²) in [4.78, 5) is 0. The predicted octanol–water partition coefficient (Wildman–Crippen LogP) is 6.26. The zero-order valence-corrected chi connectivity index (χ0v) is 16.3. The lowest BCUT2D eigenvalue weighted by atomic mass is 10.0. The highest BCUT2D eigenvalue weighted by Gasteiger charge is 2.21. The first kappa shape index (κ1) is 16.6. The molecule has 0 saturated carbocycles. The molecule has 1 heterocycles. The smallest absolute Gasteiger partial charge is 0.128 e. The highest BCUT2D eigenvalue weighted by Crippen LogP contribution is 2.39. The van der Waals surface area contributed by atoms with Gasteiger partial charge < -0.3 is 5.32 Å². The highest BCUT2D eigenvalue weighted by molar-refractivity contribution is 9.12. The highest BCUT2D eigenvalue weighted by atomic mass is 79.9. The van der Waals surface area contributed by atoms with E-state index in [2.05, 4.69) is 60.0 Å². The summed E-state index contributed by atoms with van der Waals surface area (Å²) < 4.78 is 17.1. The van der Waals surface area contributed by atoms with Crippen LogP contribution in [0.3, 0.4) is 0 Å². The molecule has 1 nitrogen and oxygen atoms in total. The second-order valence-electron chi connectivity index (χ2n) is 4.33. The van der Waals surface area contributed by atoms with Crippen molar-refractivity contribution in [2.75, 3.05) is 6.54 Å². The Morgan fingerprint density at radius 2 is 1.95 bits per heavy atom. The first-order chi connectivity index (χ1) is 9.52. The molecule has 0 aliphatic heterocycles. The van der Waals surface area contributed by atoms with Gasteiger partial charge in [0.1, 0.15) is 5.82 Å². The summed E-state index contributed by atoms with van der Waals surface area (Å²) in [5.41, 5.74) is 1.70. The van der Waals surface area contributed by atoms with Crippen molar-refractivity contribution >= 4 is 59.1 Å². The van der Waals surface area contributed by atoms with Crippen LogP contribution < -0.4 is 5.32 Å². The molecule has 0 fully saturated rings. The van der Waals surface area contributed by atoms with E-state index in [0.29, 0.717) is 5.56 Å². The molecule has 1 aromatic heterocycles. The van der Waals surface area contributed by atoms with Crippen LogP contribution in [0, 0.1) is 5.82 Å². The van der Waals surface area contributed by atoms with Crippen LogP contribution in [0.25, 0.3) is 0 Å². The third-order valence-electron chi connectivity index (χ3n) is 2.86. The fourth-order valence-electron chi connectivity index (χ4n) is 1.96. The zero-order chi connectivity index (χ0) is 14.7. The Hall–Kier alpha value is 0.250. The van der Waals surface area contributed by atoms with E-state index in [0.717, 1.165) is 30.6 Å². The van der Waals surface area contributed by atoms with Gasteiger partial charge in [0.15, 0.2) is 0 Å².